The van der Waals surface area contributed by atoms with Crippen molar-refractivity contribution in [3.05, 3.63) is 29.8 Å². The molecule has 1 aromatic carbocycles. The summed E-state index contributed by atoms with van der Waals surface area (Å²) in [5, 5.41) is 0. The minimum absolute atomic E-state index is 0.181. The second kappa shape index (κ2) is 5.81. The first-order valence-electron chi connectivity index (χ1n) is 5.00. The molecule has 3 heteroatoms. The number of carbonyl (C=O) groups is 1. The van der Waals surface area contributed by atoms with Crippen molar-refractivity contribution in [2.75, 3.05) is 12.9 Å². The highest BCUT2D eigenvalue weighted by Crippen LogP contribution is 2.28. The van der Waals surface area contributed by atoms with Crippen molar-refractivity contribution < 1.29 is 9.53 Å². The molecule has 2 nitrogen and oxygen atoms in total. The molecule has 0 saturated heterocycles. The fraction of sp³-hybridized carbons (Fsp3) is 0.417. The molecule has 0 aliphatic rings. The lowest BCUT2D eigenvalue weighted by Crippen LogP contribution is -2.11. The van der Waals surface area contributed by atoms with Gasteiger partial charge in [0, 0.05) is 4.90 Å². The molecule has 0 saturated carbocycles. The molecule has 0 amide bonds. The number of ether oxygens (including phenoxy) is 1. The van der Waals surface area contributed by atoms with E-state index in [1.54, 1.807) is 11.8 Å². The highest BCUT2D eigenvalue weighted by Gasteiger charge is 2.18. The molecule has 1 aromatic rings. The van der Waals surface area contributed by atoms with Crippen LogP contribution in [0.5, 0.6) is 0 Å². The first-order chi connectivity index (χ1) is 7.20. The van der Waals surface area contributed by atoms with Crippen molar-refractivity contribution in [3.8, 4) is 0 Å². The summed E-state index contributed by atoms with van der Waals surface area (Å²) in [5.74, 6) is 0.634. The maximum atomic E-state index is 11.4. The van der Waals surface area contributed by atoms with E-state index < -0.39 is 0 Å². The zero-order chi connectivity index (χ0) is 11.3. The first kappa shape index (κ1) is 12.1. The van der Waals surface area contributed by atoms with Crippen LogP contribution in [-0.4, -0.2) is 18.8 Å². The van der Waals surface area contributed by atoms with E-state index in [9.17, 15) is 4.79 Å². The summed E-state index contributed by atoms with van der Waals surface area (Å²) >= 11 is 1.75. The van der Waals surface area contributed by atoms with Crippen LogP contribution in [0.1, 0.15) is 25.3 Å². The number of benzene rings is 1. The fourth-order valence-corrected chi connectivity index (χ4v) is 2.33. The Balaban J connectivity index is 2.96. The van der Waals surface area contributed by atoms with E-state index in [0.717, 1.165) is 16.2 Å². The van der Waals surface area contributed by atoms with Gasteiger partial charge < -0.3 is 4.74 Å². The third kappa shape index (κ3) is 2.99. The average molecular weight is 224 g/mol. The van der Waals surface area contributed by atoms with Crippen molar-refractivity contribution in [1.29, 1.82) is 0 Å². The van der Waals surface area contributed by atoms with Gasteiger partial charge in [-0.15, -0.1) is 11.8 Å². The highest BCUT2D eigenvalue weighted by molar-refractivity contribution is 7.99. The third-order valence-corrected chi connectivity index (χ3v) is 3.21. The molecule has 0 aliphatic carbocycles. The Hall–Kier alpha value is -0.960. The number of rotatable bonds is 4. The van der Waals surface area contributed by atoms with Crippen molar-refractivity contribution in [1.82, 2.24) is 0 Å². The van der Waals surface area contributed by atoms with Crippen LogP contribution in [0.3, 0.4) is 0 Å². The van der Waals surface area contributed by atoms with Gasteiger partial charge in [0.2, 0.25) is 0 Å². The molecule has 0 spiro atoms. The van der Waals surface area contributed by atoms with E-state index in [1.807, 2.05) is 31.2 Å². The number of hydrogen-bond donors (Lipinski definition) is 0. The maximum Gasteiger partial charge on any atom is 0.312 e. The molecule has 0 radical (unpaired) electrons. The lowest BCUT2D eigenvalue weighted by molar-refractivity contribution is -0.142. The van der Waals surface area contributed by atoms with Crippen LogP contribution >= 0.6 is 11.8 Å². The maximum absolute atomic E-state index is 11.4. The Bertz CT molecular complexity index is 336. The van der Waals surface area contributed by atoms with E-state index in [4.69, 9.17) is 4.74 Å². The molecule has 0 aliphatic heterocycles. The molecule has 0 heterocycles. The molecule has 0 N–H and O–H groups in total. The van der Waals surface area contributed by atoms with Crippen molar-refractivity contribution in [2.45, 2.75) is 24.7 Å². The van der Waals surface area contributed by atoms with Gasteiger partial charge in [-0.05, 0) is 24.3 Å². The molecule has 15 heavy (non-hydrogen) atoms. The highest BCUT2D eigenvalue weighted by atomic mass is 32.2. The Morgan fingerprint density at radius 3 is 2.73 bits per heavy atom. The van der Waals surface area contributed by atoms with Gasteiger partial charge in [0.25, 0.3) is 0 Å². The van der Waals surface area contributed by atoms with Gasteiger partial charge in [-0.2, -0.15) is 0 Å². The number of esters is 1. The van der Waals surface area contributed by atoms with E-state index in [0.29, 0.717) is 0 Å². The molecular weight excluding hydrogens is 208 g/mol. The second-order valence-corrected chi connectivity index (χ2v) is 4.52. The number of hydrogen-bond acceptors (Lipinski definition) is 3. The first-order valence-corrected chi connectivity index (χ1v) is 5.98. The molecule has 82 valence electrons. The molecular formula is C12H16O2S. The summed E-state index contributed by atoms with van der Waals surface area (Å²) < 4.78 is 4.75. The zero-order valence-electron chi connectivity index (χ0n) is 9.32. The predicted molar refractivity (Wildman–Crippen MR) is 63.3 cm³/mol. The Morgan fingerprint density at radius 1 is 1.47 bits per heavy atom. The smallest absolute Gasteiger partial charge is 0.312 e. The third-order valence-electron chi connectivity index (χ3n) is 2.24. The van der Waals surface area contributed by atoms with Crippen LogP contribution in [0, 0.1) is 0 Å². The normalized spacial score (nSPS) is 12.2. The summed E-state index contributed by atoms with van der Waals surface area (Å²) in [6.45, 7) is 3.98. The predicted octanol–water partition coefficient (Wildman–Crippen LogP) is 3.08. The summed E-state index contributed by atoms with van der Waals surface area (Å²) in [5.41, 5.74) is 1.05. The van der Waals surface area contributed by atoms with E-state index >= 15 is 0 Å². The van der Waals surface area contributed by atoms with Gasteiger partial charge in [0.15, 0.2) is 0 Å². The zero-order valence-corrected chi connectivity index (χ0v) is 10.1. The SMILES string of the molecule is CCSc1ccccc1C(C)C(=O)OC. The standard InChI is InChI=1S/C12H16O2S/c1-4-15-11-8-6-5-7-10(11)9(2)12(13)14-3/h5-9H,4H2,1-3H3. The minimum atomic E-state index is -0.190. The van der Waals surface area contributed by atoms with Crippen molar-refractivity contribution in [3.63, 3.8) is 0 Å². The Kier molecular flexibility index (Phi) is 4.69. The van der Waals surface area contributed by atoms with E-state index in [-0.39, 0.29) is 11.9 Å². The number of thioether (sulfide) groups is 1. The summed E-state index contributed by atoms with van der Waals surface area (Å²) in [7, 11) is 1.43. The monoisotopic (exact) mass is 224 g/mol. The van der Waals surface area contributed by atoms with Crippen molar-refractivity contribution in [2.24, 2.45) is 0 Å². The summed E-state index contributed by atoms with van der Waals surface area (Å²) in [4.78, 5) is 12.6. The molecule has 1 rings (SSSR count). The molecule has 0 fully saturated rings. The van der Waals surface area contributed by atoms with Gasteiger partial charge in [-0.3, -0.25) is 4.79 Å². The minimum Gasteiger partial charge on any atom is -0.469 e. The molecule has 0 bridgehead atoms. The number of methoxy groups -OCH3 is 1. The van der Waals surface area contributed by atoms with Crippen LogP contribution in [0.2, 0.25) is 0 Å². The Morgan fingerprint density at radius 2 is 2.13 bits per heavy atom. The van der Waals surface area contributed by atoms with E-state index in [1.165, 1.54) is 7.11 Å². The summed E-state index contributed by atoms with van der Waals surface area (Å²) in [6.07, 6.45) is 0. The van der Waals surface area contributed by atoms with Crippen LogP contribution in [0.25, 0.3) is 0 Å². The van der Waals surface area contributed by atoms with Crippen molar-refractivity contribution >= 4 is 17.7 Å². The molecule has 0 aromatic heterocycles. The average Bonchev–Trinajstić information content (AvgIpc) is 2.28. The van der Waals surface area contributed by atoms with Gasteiger partial charge in [-0.1, -0.05) is 25.1 Å². The summed E-state index contributed by atoms with van der Waals surface area (Å²) in [6, 6.07) is 7.97. The van der Waals surface area contributed by atoms with Gasteiger partial charge >= 0.3 is 5.97 Å². The molecule has 1 unspecified atom stereocenters. The lowest BCUT2D eigenvalue weighted by atomic mass is 10.0. The largest absolute Gasteiger partial charge is 0.469 e. The van der Waals surface area contributed by atoms with E-state index in [2.05, 4.69) is 6.92 Å². The van der Waals surface area contributed by atoms with Crippen LogP contribution in [0.15, 0.2) is 29.2 Å². The quantitative estimate of drug-likeness (QED) is 0.581. The van der Waals surface area contributed by atoms with Gasteiger partial charge in [-0.25, -0.2) is 0 Å². The fourth-order valence-electron chi connectivity index (χ4n) is 1.43. The topological polar surface area (TPSA) is 26.3 Å². The lowest BCUT2D eigenvalue weighted by Gasteiger charge is -2.13. The van der Waals surface area contributed by atoms with Gasteiger partial charge in [0.05, 0.1) is 13.0 Å². The van der Waals surface area contributed by atoms with Crippen LogP contribution < -0.4 is 0 Å². The van der Waals surface area contributed by atoms with Crippen LogP contribution in [0.4, 0.5) is 0 Å². The Labute approximate surface area is 95.0 Å². The van der Waals surface area contributed by atoms with Crippen LogP contribution in [-0.2, 0) is 9.53 Å². The number of carbonyl (C=O) groups excluding carboxylic acids is 1. The van der Waals surface area contributed by atoms with Gasteiger partial charge in [0.1, 0.15) is 0 Å². The molecule has 1 atom stereocenters. The second-order valence-electron chi connectivity index (χ2n) is 3.22.